The van der Waals surface area contributed by atoms with Crippen LogP contribution in [0.15, 0.2) is 83.2 Å². The van der Waals surface area contributed by atoms with Crippen molar-refractivity contribution in [3.05, 3.63) is 111 Å². The van der Waals surface area contributed by atoms with Gasteiger partial charge in [-0.2, -0.15) is 0 Å². The molecule has 1 amide bonds. The highest BCUT2D eigenvalue weighted by molar-refractivity contribution is 6.31. The van der Waals surface area contributed by atoms with Crippen LogP contribution in [0.4, 0.5) is 10.1 Å². The van der Waals surface area contributed by atoms with Crippen molar-refractivity contribution in [2.75, 3.05) is 19.5 Å². The zero-order chi connectivity index (χ0) is 28.6. The number of aryl methyl sites for hydroxylation is 1. The molecule has 0 fully saturated rings. The van der Waals surface area contributed by atoms with E-state index in [4.69, 9.17) is 21.1 Å². The molecule has 6 nitrogen and oxygen atoms in total. The number of halogens is 2. The number of dihydropyridines is 1. The van der Waals surface area contributed by atoms with Crippen LogP contribution in [-0.4, -0.2) is 25.9 Å². The Hall–Kier alpha value is -4.10. The van der Waals surface area contributed by atoms with E-state index in [9.17, 15) is 9.59 Å². The number of methoxy groups -OCH3 is 2. The molecule has 2 aliphatic rings. The number of hydrogen-bond acceptors (Lipinski definition) is 5. The molecule has 0 saturated heterocycles. The Balaban J connectivity index is 1.58. The van der Waals surface area contributed by atoms with Crippen molar-refractivity contribution in [3.8, 4) is 11.5 Å². The Kier molecular flexibility index (Phi) is 7.68. The molecule has 0 saturated carbocycles. The van der Waals surface area contributed by atoms with Crippen molar-refractivity contribution >= 4 is 29.0 Å². The maximum atomic E-state index is 15.4. The Morgan fingerprint density at radius 1 is 1.00 bits per heavy atom. The van der Waals surface area contributed by atoms with E-state index >= 15 is 4.39 Å². The molecule has 5 rings (SSSR count). The number of benzene rings is 3. The predicted octanol–water partition coefficient (Wildman–Crippen LogP) is 6.81. The summed E-state index contributed by atoms with van der Waals surface area (Å²) in [5.41, 5.74) is 4.49. The second-order valence-corrected chi connectivity index (χ2v) is 10.5. The molecule has 0 unspecified atom stereocenters. The van der Waals surface area contributed by atoms with Gasteiger partial charge >= 0.3 is 0 Å². The third-order valence-corrected chi connectivity index (χ3v) is 7.88. The van der Waals surface area contributed by atoms with Crippen molar-refractivity contribution in [2.24, 2.45) is 0 Å². The van der Waals surface area contributed by atoms with Gasteiger partial charge in [-0.05, 0) is 68.1 Å². The van der Waals surface area contributed by atoms with Gasteiger partial charge in [0.25, 0.3) is 5.91 Å². The smallest absolute Gasteiger partial charge is 0.254 e. The standard InChI is InChI=1S/C32H30ClFN2O4/c1-17-8-11-21(12-9-17)36-32(38)28-18(2)35-24-14-20(19-10-13-26(39-3)27(16-19)40-4)15-25(37)30(24)31(28)29-22(33)6-5-7-23(29)34/h5-13,16,20,31,35H,14-15H2,1-4H3,(H,36,38)/t20-,31-/m1/s1. The topological polar surface area (TPSA) is 76.7 Å². The molecule has 3 aromatic rings. The average Bonchev–Trinajstić information content (AvgIpc) is 2.93. The lowest BCUT2D eigenvalue weighted by atomic mass is 9.71. The number of ketones is 1. The summed E-state index contributed by atoms with van der Waals surface area (Å²) >= 11 is 6.55. The number of carbonyl (C=O) groups excluding carboxylic acids is 2. The highest BCUT2D eigenvalue weighted by atomic mass is 35.5. The first-order valence-corrected chi connectivity index (χ1v) is 13.4. The van der Waals surface area contributed by atoms with E-state index in [-0.39, 0.29) is 34.3 Å². The molecule has 40 heavy (non-hydrogen) atoms. The van der Waals surface area contributed by atoms with E-state index < -0.39 is 17.6 Å². The third-order valence-electron chi connectivity index (χ3n) is 7.55. The maximum Gasteiger partial charge on any atom is 0.254 e. The molecule has 2 atom stereocenters. The minimum atomic E-state index is -0.964. The lowest BCUT2D eigenvalue weighted by molar-refractivity contribution is -0.116. The highest BCUT2D eigenvalue weighted by Crippen LogP contribution is 2.48. The van der Waals surface area contributed by atoms with Crippen LogP contribution in [0.1, 0.15) is 48.3 Å². The fraction of sp³-hybridized carbons (Fsp3) is 0.250. The Morgan fingerprint density at radius 3 is 2.40 bits per heavy atom. The fourth-order valence-electron chi connectivity index (χ4n) is 5.59. The van der Waals surface area contributed by atoms with Gasteiger partial charge in [0.15, 0.2) is 17.3 Å². The minimum absolute atomic E-state index is 0.115. The van der Waals surface area contributed by atoms with Gasteiger partial charge in [0.2, 0.25) is 0 Å². The van der Waals surface area contributed by atoms with E-state index in [1.807, 2.05) is 37.3 Å². The first-order valence-electron chi connectivity index (χ1n) is 13.0. The van der Waals surface area contributed by atoms with Gasteiger partial charge in [-0.3, -0.25) is 9.59 Å². The first-order chi connectivity index (χ1) is 19.2. The summed E-state index contributed by atoms with van der Waals surface area (Å²) in [5.74, 6) is -1.12. The summed E-state index contributed by atoms with van der Waals surface area (Å²) in [7, 11) is 3.14. The lowest BCUT2D eigenvalue weighted by Crippen LogP contribution is -2.37. The van der Waals surface area contributed by atoms with Crippen LogP contribution in [0, 0.1) is 12.7 Å². The molecule has 3 aromatic carbocycles. The van der Waals surface area contributed by atoms with Crippen molar-refractivity contribution < 1.29 is 23.5 Å². The largest absolute Gasteiger partial charge is 0.493 e. The second kappa shape index (κ2) is 11.2. The van der Waals surface area contributed by atoms with Crippen molar-refractivity contribution in [2.45, 2.75) is 38.5 Å². The molecule has 1 aliphatic heterocycles. The molecule has 1 aliphatic carbocycles. The number of Topliss-reactive ketones (excluding diaryl/α,β-unsaturated/α-hetero) is 1. The molecule has 0 aromatic heterocycles. The summed E-state index contributed by atoms with van der Waals surface area (Å²) in [6.45, 7) is 3.72. The van der Waals surface area contributed by atoms with Crippen molar-refractivity contribution in [1.29, 1.82) is 0 Å². The van der Waals surface area contributed by atoms with Crippen LogP contribution in [-0.2, 0) is 9.59 Å². The average molecular weight is 561 g/mol. The van der Waals surface area contributed by atoms with Crippen molar-refractivity contribution in [3.63, 3.8) is 0 Å². The molecule has 8 heteroatoms. The van der Waals surface area contributed by atoms with E-state index in [2.05, 4.69) is 10.6 Å². The van der Waals surface area contributed by atoms with Gasteiger partial charge in [-0.25, -0.2) is 4.39 Å². The Morgan fingerprint density at radius 2 is 1.73 bits per heavy atom. The molecule has 0 spiro atoms. The normalized spacial score (nSPS) is 18.7. The van der Waals surface area contributed by atoms with Crippen LogP contribution < -0.4 is 20.1 Å². The first kappa shape index (κ1) is 27.5. The summed E-state index contributed by atoms with van der Waals surface area (Å²) in [6.07, 6.45) is 0.674. The van der Waals surface area contributed by atoms with Crippen LogP contribution in [0.2, 0.25) is 5.02 Å². The highest BCUT2D eigenvalue weighted by Gasteiger charge is 2.42. The number of carbonyl (C=O) groups is 2. The Bertz CT molecular complexity index is 1540. The van der Waals surface area contributed by atoms with Gasteiger partial charge in [0, 0.05) is 45.2 Å². The molecule has 1 heterocycles. The van der Waals surface area contributed by atoms with Crippen LogP contribution in [0.25, 0.3) is 0 Å². The number of nitrogens with one attached hydrogen (secondary N) is 2. The SMILES string of the molecule is COc1ccc([C@H]2CC(=O)C3=C(C2)NC(C)=C(C(=O)Nc2ccc(C)cc2)[C@@H]3c2c(F)cccc2Cl)cc1OC. The van der Waals surface area contributed by atoms with Gasteiger partial charge in [0.05, 0.1) is 20.1 Å². The number of ether oxygens (including phenoxy) is 2. The minimum Gasteiger partial charge on any atom is -0.493 e. The third kappa shape index (κ3) is 5.09. The summed E-state index contributed by atoms with van der Waals surface area (Å²) in [5, 5.41) is 6.39. The number of allylic oxidation sites excluding steroid dienone is 3. The lowest BCUT2D eigenvalue weighted by Gasteiger charge is -2.37. The van der Waals surface area contributed by atoms with Gasteiger partial charge in [-0.1, -0.05) is 41.4 Å². The molecule has 206 valence electrons. The quantitative estimate of drug-likeness (QED) is 0.346. The molecular weight excluding hydrogens is 531 g/mol. The predicted molar refractivity (Wildman–Crippen MR) is 153 cm³/mol. The van der Waals surface area contributed by atoms with Gasteiger partial charge in [-0.15, -0.1) is 0 Å². The van der Waals surface area contributed by atoms with E-state index in [1.165, 1.54) is 12.1 Å². The van der Waals surface area contributed by atoms with Crippen LogP contribution >= 0.6 is 11.6 Å². The summed E-state index contributed by atoms with van der Waals surface area (Å²) < 4.78 is 26.3. The molecule has 2 N–H and O–H groups in total. The maximum absolute atomic E-state index is 15.4. The second-order valence-electron chi connectivity index (χ2n) is 10.1. The van der Waals surface area contributed by atoms with Crippen LogP contribution in [0.5, 0.6) is 11.5 Å². The van der Waals surface area contributed by atoms with Gasteiger partial charge in [0.1, 0.15) is 5.82 Å². The van der Waals surface area contributed by atoms with E-state index in [1.54, 1.807) is 39.3 Å². The molecule has 0 bridgehead atoms. The number of hydrogen-bond donors (Lipinski definition) is 2. The van der Waals surface area contributed by atoms with Gasteiger partial charge < -0.3 is 20.1 Å². The Labute approximate surface area is 237 Å². The fourth-order valence-corrected chi connectivity index (χ4v) is 5.87. The number of rotatable bonds is 6. The monoisotopic (exact) mass is 560 g/mol. The van der Waals surface area contributed by atoms with E-state index in [0.29, 0.717) is 40.6 Å². The zero-order valence-electron chi connectivity index (χ0n) is 22.7. The number of amides is 1. The molecular formula is C32H30ClFN2O4. The van der Waals surface area contributed by atoms with Crippen LogP contribution in [0.3, 0.4) is 0 Å². The number of anilines is 1. The molecule has 0 radical (unpaired) electrons. The van der Waals surface area contributed by atoms with E-state index in [0.717, 1.165) is 11.1 Å². The summed E-state index contributed by atoms with van der Waals surface area (Å²) in [6, 6.07) is 17.4. The summed E-state index contributed by atoms with van der Waals surface area (Å²) in [4.78, 5) is 27.6. The van der Waals surface area contributed by atoms with Crippen molar-refractivity contribution in [1.82, 2.24) is 5.32 Å². The zero-order valence-corrected chi connectivity index (χ0v) is 23.5.